The van der Waals surface area contributed by atoms with Gasteiger partial charge in [-0.2, -0.15) is 13.2 Å². The number of aryl methyl sites for hydroxylation is 1. The van der Waals surface area contributed by atoms with E-state index in [9.17, 15) is 22.8 Å². The number of carbonyl (C=O) groups excluding carboxylic acids is 2. The number of hydrazine groups is 1. The van der Waals surface area contributed by atoms with Crippen molar-refractivity contribution >= 4 is 11.8 Å². The Morgan fingerprint density at radius 2 is 1.95 bits per heavy atom. The lowest BCUT2D eigenvalue weighted by Gasteiger charge is -2.21. The summed E-state index contributed by atoms with van der Waals surface area (Å²) in [6.45, 7) is 1.35. The molecule has 0 atom stereocenters. The first-order chi connectivity index (χ1) is 18.1. The van der Waals surface area contributed by atoms with Crippen molar-refractivity contribution in [1.29, 1.82) is 0 Å². The molecule has 2 aromatic rings. The maximum atomic E-state index is 12.8. The largest absolute Gasteiger partial charge is 0.416 e. The number of aromatic nitrogens is 4. The van der Waals surface area contributed by atoms with Crippen LogP contribution in [0.2, 0.25) is 0 Å². The highest BCUT2D eigenvalue weighted by Gasteiger charge is 2.30. The van der Waals surface area contributed by atoms with Crippen LogP contribution in [0.3, 0.4) is 0 Å². The fourth-order valence-electron chi connectivity index (χ4n) is 4.12. The highest BCUT2D eigenvalue weighted by Crippen LogP contribution is 2.29. The molecule has 208 valence electrons. The average Bonchev–Trinajstić information content (AvgIpc) is 3.38. The molecule has 0 bridgehead atoms. The van der Waals surface area contributed by atoms with Crippen LogP contribution in [-0.2, 0) is 24.1 Å². The molecule has 0 radical (unpaired) electrons. The predicted octanol–water partition coefficient (Wildman–Crippen LogP) is 2.07. The first-order valence-electron chi connectivity index (χ1n) is 12.6. The second kappa shape index (κ2) is 13.7. The maximum absolute atomic E-state index is 12.8. The minimum Gasteiger partial charge on any atom is -0.393 e. The number of hydrogen-bond acceptors (Lipinski definition) is 8. The topological polar surface area (TPSA) is 157 Å². The van der Waals surface area contributed by atoms with Gasteiger partial charge in [0, 0.05) is 32.0 Å². The van der Waals surface area contributed by atoms with E-state index in [4.69, 9.17) is 11.6 Å². The molecule has 0 saturated heterocycles. The molecule has 1 aliphatic carbocycles. The number of nitrogens with one attached hydrogen (secondary N) is 2. The SMILES string of the molecule is N/C(=C\N(N)CCCCn1cc(C(=O)NCC2CCCCC2)nn1)C(=O)NCc1cc(C(F)(F)F)ccn1. The molecular formula is C24H34F3N9O2. The predicted molar refractivity (Wildman–Crippen MR) is 132 cm³/mol. The summed E-state index contributed by atoms with van der Waals surface area (Å²) in [4.78, 5) is 28.3. The van der Waals surface area contributed by atoms with Crippen LogP contribution in [0.15, 0.2) is 36.4 Å². The lowest BCUT2D eigenvalue weighted by molar-refractivity contribution is -0.137. The average molecular weight is 538 g/mol. The van der Waals surface area contributed by atoms with Crippen molar-refractivity contribution in [3.8, 4) is 0 Å². The smallest absolute Gasteiger partial charge is 0.393 e. The number of halogens is 3. The summed E-state index contributed by atoms with van der Waals surface area (Å²) < 4.78 is 40.0. The Morgan fingerprint density at radius 3 is 2.68 bits per heavy atom. The number of carbonyl (C=O) groups is 2. The van der Waals surface area contributed by atoms with Crippen LogP contribution in [0.25, 0.3) is 0 Å². The Balaban J connectivity index is 1.34. The lowest BCUT2D eigenvalue weighted by atomic mass is 9.89. The normalized spacial score (nSPS) is 14.8. The number of rotatable bonds is 12. The van der Waals surface area contributed by atoms with Crippen LogP contribution in [-0.4, -0.2) is 49.9 Å². The van der Waals surface area contributed by atoms with Gasteiger partial charge in [0.25, 0.3) is 11.8 Å². The number of nitrogens with two attached hydrogens (primary N) is 2. The molecule has 2 heterocycles. The van der Waals surface area contributed by atoms with E-state index >= 15 is 0 Å². The molecule has 6 N–H and O–H groups in total. The van der Waals surface area contributed by atoms with Gasteiger partial charge in [0.1, 0.15) is 5.70 Å². The number of amides is 2. The Bertz CT molecular complexity index is 1100. The summed E-state index contributed by atoms with van der Waals surface area (Å²) in [5, 5.41) is 14.5. The zero-order valence-corrected chi connectivity index (χ0v) is 21.1. The van der Waals surface area contributed by atoms with Gasteiger partial charge in [-0.25, -0.2) is 5.84 Å². The van der Waals surface area contributed by atoms with Gasteiger partial charge in [-0.15, -0.1) is 5.10 Å². The number of nitrogens with zero attached hydrogens (tertiary/aromatic N) is 5. The van der Waals surface area contributed by atoms with Crippen molar-refractivity contribution in [3.63, 3.8) is 0 Å². The summed E-state index contributed by atoms with van der Waals surface area (Å²) in [5.41, 5.74) is 5.02. The van der Waals surface area contributed by atoms with Crippen LogP contribution >= 0.6 is 0 Å². The van der Waals surface area contributed by atoms with Crippen molar-refractivity contribution in [2.75, 3.05) is 13.1 Å². The van der Waals surface area contributed by atoms with E-state index in [1.165, 1.54) is 30.5 Å². The zero-order chi connectivity index (χ0) is 27.5. The van der Waals surface area contributed by atoms with Gasteiger partial charge >= 0.3 is 6.18 Å². The first kappa shape index (κ1) is 28.9. The van der Waals surface area contributed by atoms with Crippen molar-refractivity contribution in [3.05, 3.63) is 53.4 Å². The maximum Gasteiger partial charge on any atom is 0.416 e. The number of pyridine rings is 1. The number of unbranched alkanes of at least 4 members (excludes halogenated alkanes) is 1. The van der Waals surface area contributed by atoms with Crippen molar-refractivity contribution in [2.45, 2.75) is 64.2 Å². The first-order valence-corrected chi connectivity index (χ1v) is 12.6. The molecule has 3 rings (SSSR count). The van der Waals surface area contributed by atoms with Crippen LogP contribution < -0.4 is 22.2 Å². The minimum absolute atomic E-state index is 0.0450. The molecule has 14 heteroatoms. The van der Waals surface area contributed by atoms with Gasteiger partial charge in [0.05, 0.1) is 24.0 Å². The van der Waals surface area contributed by atoms with Crippen LogP contribution in [0.5, 0.6) is 0 Å². The third kappa shape index (κ3) is 9.32. The molecule has 1 fully saturated rings. The Labute approximate surface area is 218 Å². The van der Waals surface area contributed by atoms with Gasteiger partial charge in [0.15, 0.2) is 5.69 Å². The molecular weight excluding hydrogens is 503 g/mol. The van der Waals surface area contributed by atoms with Gasteiger partial charge in [0.2, 0.25) is 0 Å². The fraction of sp³-hybridized carbons (Fsp3) is 0.542. The van der Waals surface area contributed by atoms with E-state index in [0.29, 0.717) is 38.4 Å². The second-order valence-corrected chi connectivity index (χ2v) is 9.33. The molecule has 0 aromatic carbocycles. The van der Waals surface area contributed by atoms with Gasteiger partial charge in [-0.05, 0) is 43.7 Å². The summed E-state index contributed by atoms with van der Waals surface area (Å²) in [6, 6.07) is 1.71. The summed E-state index contributed by atoms with van der Waals surface area (Å²) >= 11 is 0. The molecule has 11 nitrogen and oxygen atoms in total. The number of alkyl halides is 3. The van der Waals surface area contributed by atoms with E-state index < -0.39 is 17.6 Å². The van der Waals surface area contributed by atoms with Gasteiger partial charge < -0.3 is 21.4 Å². The Kier molecular flexibility index (Phi) is 10.4. The summed E-state index contributed by atoms with van der Waals surface area (Å²) in [7, 11) is 0. The summed E-state index contributed by atoms with van der Waals surface area (Å²) in [6.07, 6.45) is 6.70. The Morgan fingerprint density at radius 1 is 1.18 bits per heavy atom. The molecule has 38 heavy (non-hydrogen) atoms. The molecule has 2 aromatic heterocycles. The third-order valence-corrected chi connectivity index (χ3v) is 6.24. The Hall–Kier alpha value is -3.68. The van der Waals surface area contributed by atoms with Crippen molar-refractivity contribution < 1.29 is 22.8 Å². The molecule has 2 amide bonds. The third-order valence-electron chi connectivity index (χ3n) is 6.24. The molecule has 0 spiro atoms. The molecule has 1 saturated carbocycles. The summed E-state index contributed by atoms with van der Waals surface area (Å²) in [5.74, 6) is 5.50. The lowest BCUT2D eigenvalue weighted by Crippen LogP contribution is -2.33. The monoisotopic (exact) mass is 537 g/mol. The van der Waals surface area contributed by atoms with E-state index in [1.807, 2.05) is 0 Å². The van der Waals surface area contributed by atoms with Crippen molar-refractivity contribution in [1.82, 2.24) is 35.6 Å². The minimum atomic E-state index is -4.50. The van der Waals surface area contributed by atoms with Gasteiger partial charge in [-0.1, -0.05) is 24.5 Å². The van der Waals surface area contributed by atoms with E-state index in [-0.39, 0.29) is 29.5 Å². The van der Waals surface area contributed by atoms with Gasteiger partial charge in [-0.3, -0.25) is 19.3 Å². The molecule has 0 aliphatic heterocycles. The fourth-order valence-corrected chi connectivity index (χ4v) is 4.12. The number of hydrogen-bond donors (Lipinski definition) is 4. The second-order valence-electron chi connectivity index (χ2n) is 9.33. The van der Waals surface area contributed by atoms with Crippen LogP contribution in [0.4, 0.5) is 13.2 Å². The molecule has 0 unspecified atom stereocenters. The standard InChI is InChI=1S/C24H34F3N9O2/c25-24(26,27)18-8-9-30-19(12-18)14-32-22(37)20(28)15-35(29)10-4-5-11-36-16-21(33-34-36)23(38)31-13-17-6-2-1-3-7-17/h8-9,12,15-17H,1-7,10-11,13-14,28-29H2,(H,31,38)(H,32,37)/b20-15-. The van der Waals surface area contributed by atoms with E-state index in [2.05, 4.69) is 25.9 Å². The highest BCUT2D eigenvalue weighted by molar-refractivity contribution is 5.92. The van der Waals surface area contributed by atoms with E-state index in [0.717, 1.165) is 31.2 Å². The van der Waals surface area contributed by atoms with Crippen LogP contribution in [0.1, 0.15) is 66.7 Å². The van der Waals surface area contributed by atoms with E-state index in [1.54, 1.807) is 10.9 Å². The highest BCUT2D eigenvalue weighted by atomic mass is 19.4. The van der Waals surface area contributed by atoms with Crippen molar-refractivity contribution in [2.24, 2.45) is 17.5 Å². The quantitative estimate of drug-likeness (QED) is 0.139. The zero-order valence-electron chi connectivity index (χ0n) is 21.1. The molecule has 1 aliphatic rings. The van der Waals surface area contributed by atoms with Crippen LogP contribution in [0, 0.1) is 5.92 Å².